The number of hydrogen-bond acceptors (Lipinski definition) is 13. The lowest BCUT2D eigenvalue weighted by atomic mass is 9.90. The minimum Gasteiger partial charge on any atom is -0.464 e. The highest BCUT2D eigenvalue weighted by atomic mass is 79.9. The third kappa shape index (κ3) is 12.3. The van der Waals surface area contributed by atoms with Crippen molar-refractivity contribution in [3.63, 3.8) is 0 Å². The summed E-state index contributed by atoms with van der Waals surface area (Å²) in [7, 11) is -12.2. The Morgan fingerprint density at radius 3 is 1.27 bits per heavy atom. The van der Waals surface area contributed by atoms with Gasteiger partial charge >= 0.3 is 43.2 Å². The van der Waals surface area contributed by atoms with E-state index in [1.165, 1.54) is 57.2 Å². The first-order chi connectivity index (χ1) is 29.1. The Morgan fingerprint density at radius 1 is 0.609 bits per heavy atom. The van der Waals surface area contributed by atoms with Crippen LogP contribution in [-0.4, -0.2) is 70.1 Å². The van der Waals surface area contributed by atoms with Gasteiger partial charge in [0.05, 0.1) is 30.0 Å². The van der Waals surface area contributed by atoms with E-state index in [2.05, 4.69) is 24.3 Å². The van der Waals surface area contributed by atoms with Gasteiger partial charge in [-0.15, -0.1) is 0 Å². The Bertz CT molecular complexity index is 2640. The molecule has 0 spiro atoms. The third-order valence-corrected chi connectivity index (χ3v) is 11.4. The van der Waals surface area contributed by atoms with Crippen molar-refractivity contribution in [1.29, 1.82) is 0 Å². The monoisotopic (exact) mass is 1020 g/mol. The van der Waals surface area contributed by atoms with E-state index in [-0.39, 0.29) is 51.6 Å². The summed E-state index contributed by atoms with van der Waals surface area (Å²) in [4.78, 5) is 37.8. The normalized spacial score (nSPS) is 13.7. The molecule has 4 aromatic carbocycles. The van der Waals surface area contributed by atoms with Gasteiger partial charge in [0.25, 0.3) is 0 Å². The maximum atomic E-state index is 13.2. The average molecular weight is 1020 g/mol. The van der Waals surface area contributed by atoms with Crippen LogP contribution in [0.2, 0.25) is 0 Å². The first kappa shape index (κ1) is 53.6. The number of amides is 1. The van der Waals surface area contributed by atoms with Crippen molar-refractivity contribution in [2.45, 2.75) is 104 Å². The van der Waals surface area contributed by atoms with Gasteiger partial charge < -0.3 is 33.0 Å². The predicted molar refractivity (Wildman–Crippen MR) is 225 cm³/mol. The van der Waals surface area contributed by atoms with E-state index in [1.54, 1.807) is 60.6 Å². The van der Waals surface area contributed by atoms with Gasteiger partial charge in [-0.2, -0.15) is 43.2 Å². The van der Waals surface area contributed by atoms with Gasteiger partial charge in [0, 0.05) is 26.4 Å². The molecule has 4 rings (SSSR count). The molecule has 0 aliphatic carbocycles. The van der Waals surface area contributed by atoms with E-state index in [0.717, 1.165) is 0 Å². The summed E-state index contributed by atoms with van der Waals surface area (Å²) < 4.78 is 158. The maximum Gasteiger partial charge on any atom is 0.534 e. The number of benzene rings is 4. The average Bonchev–Trinajstić information content (AvgIpc) is 3.14. The molecule has 0 heterocycles. The Hall–Kier alpha value is -4.71. The molecule has 64 heavy (non-hydrogen) atoms. The summed E-state index contributed by atoms with van der Waals surface area (Å²) in [6, 6.07) is 11.6. The maximum absolute atomic E-state index is 13.2. The van der Waals surface area contributed by atoms with E-state index in [4.69, 9.17) is 24.7 Å². The second-order valence-corrected chi connectivity index (χ2v) is 19.4. The number of esters is 2. The van der Waals surface area contributed by atoms with Crippen LogP contribution in [0.4, 0.5) is 26.3 Å². The fourth-order valence-electron chi connectivity index (χ4n) is 6.09. The van der Waals surface area contributed by atoms with Crippen LogP contribution < -0.4 is 14.1 Å². The lowest BCUT2D eigenvalue weighted by Gasteiger charge is -2.29. The highest BCUT2D eigenvalue weighted by Gasteiger charge is 2.51. The van der Waals surface area contributed by atoms with Crippen molar-refractivity contribution >= 4 is 75.6 Å². The minimum atomic E-state index is -6.15. The van der Waals surface area contributed by atoms with Gasteiger partial charge in [-0.3, -0.25) is 4.79 Å². The fourth-order valence-corrected chi connectivity index (χ4v) is 7.64. The molecule has 0 aliphatic rings. The van der Waals surface area contributed by atoms with Crippen LogP contribution in [0.1, 0.15) is 100 Å². The van der Waals surface area contributed by atoms with Gasteiger partial charge in [-0.05, 0) is 107 Å². The van der Waals surface area contributed by atoms with Crippen LogP contribution in [0.25, 0.3) is 21.5 Å². The van der Waals surface area contributed by atoms with Crippen LogP contribution in [0.3, 0.4) is 0 Å². The predicted octanol–water partition coefficient (Wildman–Crippen LogP) is 9.45. The van der Waals surface area contributed by atoms with Crippen LogP contribution in [-0.2, 0) is 48.8 Å². The lowest BCUT2D eigenvalue weighted by Crippen LogP contribution is -2.32. The van der Waals surface area contributed by atoms with E-state index in [1.807, 2.05) is 0 Å². The molecule has 0 radical (unpaired) electrons. The molecular weight excluding hydrogens is 972 g/mol. The molecule has 2 atom stereocenters. The molecule has 0 saturated heterocycles. The number of primary amides is 1. The molecule has 354 valence electrons. The number of alkyl halides is 6. The molecule has 2 N–H and O–H groups in total. The van der Waals surface area contributed by atoms with Gasteiger partial charge in [0.1, 0.15) is 0 Å². The quantitative estimate of drug-likeness (QED) is 0.0575. The largest absolute Gasteiger partial charge is 0.534 e. The minimum absolute atomic E-state index is 0.0202. The molecule has 4 aromatic rings. The number of hydrogen-bond donors (Lipinski definition) is 1. The molecule has 14 nitrogen and oxygen atoms in total. The first-order valence-electron chi connectivity index (χ1n) is 18.9. The lowest BCUT2D eigenvalue weighted by molar-refractivity contribution is -0.167. The van der Waals surface area contributed by atoms with E-state index in [9.17, 15) is 57.6 Å². The Labute approximate surface area is 374 Å². The first-order valence-corrected chi connectivity index (χ1v) is 22.5. The third-order valence-electron chi connectivity index (χ3n) is 8.52. The molecule has 0 saturated carbocycles. The number of carbonyl (C=O) groups is 3. The SMILES string of the molecule is CCOC(=O)[C@@H](OC(C)(C)C)c1c(C)c(Br)c2ccccc2c1OS(=O)(=O)C(F)(F)F.CCOC(=O)[C@@H](OC(C)(C)C)c1c(C)c(C(N)=O)c2ccccc2c1OS(=O)(=O)C(F)(F)F. The van der Waals surface area contributed by atoms with Gasteiger partial charge in [0.15, 0.2) is 23.7 Å². The van der Waals surface area contributed by atoms with Crippen LogP contribution >= 0.6 is 15.9 Å². The number of rotatable bonds is 13. The summed E-state index contributed by atoms with van der Waals surface area (Å²) in [6.07, 6.45) is -3.27. The molecule has 1 amide bonds. The van der Waals surface area contributed by atoms with Crippen molar-refractivity contribution in [2.75, 3.05) is 13.2 Å². The molecule has 0 bridgehead atoms. The molecule has 0 unspecified atom stereocenters. The standard InChI is InChI=1S/C21H24F3NO7S.C20H22BrF3O6S/c1-6-30-19(27)17(31-20(3,4)5)15-11(2)14(18(25)26)12-9-7-8-10-13(12)16(15)32-33(28,29)21(22,23)24;1-6-28-18(25)17(29-19(3,4)5)14-11(2)15(21)12-9-7-8-10-13(12)16(14)30-31(26,27)20(22,23)24/h7-10,17H,6H2,1-5H3,(H2,25,26);7-10,17H,6H2,1-5H3/t2*17-/m00/s1. The van der Waals surface area contributed by atoms with Crippen LogP contribution in [0, 0.1) is 13.8 Å². The zero-order valence-electron chi connectivity index (χ0n) is 36.0. The van der Waals surface area contributed by atoms with Crippen molar-refractivity contribution in [3.05, 3.63) is 80.8 Å². The zero-order valence-corrected chi connectivity index (χ0v) is 39.3. The molecule has 0 aromatic heterocycles. The second-order valence-electron chi connectivity index (χ2n) is 15.6. The highest BCUT2D eigenvalue weighted by Crippen LogP contribution is 2.47. The number of ether oxygens (including phenoxy) is 4. The van der Waals surface area contributed by atoms with Crippen molar-refractivity contribution < 1.29 is 84.9 Å². The van der Waals surface area contributed by atoms with E-state index < -0.39 is 89.6 Å². The summed E-state index contributed by atoms with van der Waals surface area (Å²) >= 11 is 3.39. The summed E-state index contributed by atoms with van der Waals surface area (Å²) in [5.74, 6) is -4.32. The second kappa shape index (κ2) is 19.8. The van der Waals surface area contributed by atoms with Crippen molar-refractivity contribution in [1.82, 2.24) is 0 Å². The summed E-state index contributed by atoms with van der Waals surface area (Å²) in [5, 5.41) is 0.299. The summed E-state index contributed by atoms with van der Waals surface area (Å²) in [6.45, 7) is 15.4. The topological polar surface area (TPSA) is 201 Å². The number of carbonyl (C=O) groups excluding carboxylic acids is 3. The Morgan fingerprint density at radius 2 is 0.938 bits per heavy atom. The van der Waals surface area contributed by atoms with Gasteiger partial charge in [0.2, 0.25) is 5.91 Å². The molecule has 0 fully saturated rings. The number of halogens is 7. The van der Waals surface area contributed by atoms with E-state index >= 15 is 0 Å². The van der Waals surface area contributed by atoms with Crippen molar-refractivity contribution in [3.8, 4) is 11.5 Å². The zero-order chi connectivity index (χ0) is 49.1. The highest BCUT2D eigenvalue weighted by molar-refractivity contribution is 9.10. The number of fused-ring (bicyclic) bond motifs is 2. The molecule has 23 heteroatoms. The van der Waals surface area contributed by atoms with Crippen molar-refractivity contribution in [2.24, 2.45) is 5.73 Å². The van der Waals surface area contributed by atoms with Gasteiger partial charge in [-0.25, -0.2) is 9.59 Å². The van der Waals surface area contributed by atoms with E-state index in [0.29, 0.717) is 9.86 Å². The number of nitrogens with two attached hydrogens (primary N) is 1. The molecule has 0 aliphatic heterocycles. The Balaban J connectivity index is 0.000000341. The molecular formula is C41H46BrF6NO13S2. The Kier molecular flexibility index (Phi) is 16.6. The van der Waals surface area contributed by atoms with Crippen LogP contribution in [0.5, 0.6) is 11.5 Å². The fraction of sp³-hybridized carbons (Fsp3) is 0.439. The van der Waals surface area contributed by atoms with Gasteiger partial charge in [-0.1, -0.05) is 48.5 Å². The summed E-state index contributed by atoms with van der Waals surface area (Å²) in [5.41, 5.74) is -8.41. The van der Waals surface area contributed by atoms with Crippen LogP contribution in [0.15, 0.2) is 53.0 Å². The smallest absolute Gasteiger partial charge is 0.464 e.